The number of nitrogens with zero attached hydrogens (tertiary/aromatic N) is 1. The summed E-state index contributed by atoms with van der Waals surface area (Å²) in [6, 6.07) is -0.166. The van der Waals surface area contributed by atoms with Crippen LogP contribution in [0.3, 0.4) is 0 Å². The van der Waals surface area contributed by atoms with Gasteiger partial charge in [0.25, 0.3) is 0 Å². The van der Waals surface area contributed by atoms with Gasteiger partial charge < -0.3 is 5.11 Å². The highest BCUT2D eigenvalue weighted by molar-refractivity contribution is 5.86. The average Bonchev–Trinajstić information content (AvgIpc) is 2.48. The van der Waals surface area contributed by atoms with Crippen molar-refractivity contribution in [3.63, 3.8) is 0 Å². The van der Waals surface area contributed by atoms with Crippen molar-refractivity contribution in [1.29, 1.82) is 0 Å². The number of carbonyl (C=O) groups excluding carboxylic acids is 1. The van der Waals surface area contributed by atoms with Gasteiger partial charge in [-0.25, -0.2) is 0 Å². The second-order valence-electron chi connectivity index (χ2n) is 4.11. The van der Waals surface area contributed by atoms with E-state index in [-0.39, 0.29) is 11.8 Å². The van der Waals surface area contributed by atoms with Gasteiger partial charge in [0.15, 0.2) is 5.78 Å². The summed E-state index contributed by atoms with van der Waals surface area (Å²) in [5.41, 5.74) is 0. The maximum atomic E-state index is 11.5. The molecule has 1 N–H and O–H groups in total. The van der Waals surface area contributed by atoms with Gasteiger partial charge in [0, 0.05) is 6.42 Å². The molecular weight excluding hydrogens is 166 g/mol. The van der Waals surface area contributed by atoms with Gasteiger partial charge in [-0.05, 0) is 32.4 Å². The van der Waals surface area contributed by atoms with E-state index in [4.69, 9.17) is 0 Å². The van der Waals surface area contributed by atoms with Gasteiger partial charge in [0.1, 0.15) is 0 Å². The quantitative estimate of drug-likeness (QED) is 0.646. The Kier molecular flexibility index (Phi) is 2.65. The molecule has 3 heteroatoms. The number of hydrogen-bond acceptors (Lipinski definition) is 3. The van der Waals surface area contributed by atoms with Crippen molar-refractivity contribution < 1.29 is 9.90 Å². The van der Waals surface area contributed by atoms with Crippen LogP contribution >= 0.6 is 0 Å². The first-order chi connectivity index (χ1) is 6.29. The summed E-state index contributed by atoms with van der Waals surface area (Å²) in [6.07, 6.45) is 4.47. The van der Waals surface area contributed by atoms with Crippen molar-refractivity contribution in [2.75, 3.05) is 13.1 Å². The third kappa shape index (κ3) is 1.76. The number of aliphatic hydroxyl groups excluding tert-OH is 1. The SMILES string of the molecule is O=C1CCC(O)C1N1CCCCC1. The van der Waals surface area contributed by atoms with Crippen molar-refractivity contribution in [2.45, 2.75) is 44.2 Å². The molecule has 0 bridgehead atoms. The molecule has 13 heavy (non-hydrogen) atoms. The lowest BCUT2D eigenvalue weighted by Gasteiger charge is -2.32. The molecule has 0 amide bonds. The molecule has 3 nitrogen and oxygen atoms in total. The minimum Gasteiger partial charge on any atom is -0.391 e. The van der Waals surface area contributed by atoms with Crippen molar-refractivity contribution in [2.24, 2.45) is 0 Å². The molecule has 2 atom stereocenters. The van der Waals surface area contributed by atoms with E-state index in [1.807, 2.05) is 0 Å². The smallest absolute Gasteiger partial charge is 0.152 e. The van der Waals surface area contributed by atoms with E-state index in [0.717, 1.165) is 13.1 Å². The Morgan fingerprint density at radius 1 is 1.23 bits per heavy atom. The van der Waals surface area contributed by atoms with Crippen LogP contribution in [0.25, 0.3) is 0 Å². The molecule has 2 aliphatic rings. The molecule has 2 unspecified atom stereocenters. The molecule has 0 aromatic carbocycles. The first-order valence-electron chi connectivity index (χ1n) is 5.24. The van der Waals surface area contributed by atoms with E-state index in [9.17, 15) is 9.90 Å². The first kappa shape index (κ1) is 9.16. The molecule has 0 spiro atoms. The standard InChI is InChI=1S/C10H17NO2/c12-8-4-5-9(13)10(8)11-6-2-1-3-7-11/h8,10,12H,1-7H2. The Labute approximate surface area is 78.7 Å². The first-order valence-corrected chi connectivity index (χ1v) is 5.24. The van der Waals surface area contributed by atoms with Crippen molar-refractivity contribution in [1.82, 2.24) is 4.90 Å². The molecule has 0 aromatic rings. The molecule has 1 aliphatic heterocycles. The minimum absolute atomic E-state index is 0.166. The van der Waals surface area contributed by atoms with Crippen LogP contribution in [0.15, 0.2) is 0 Å². The van der Waals surface area contributed by atoms with E-state index in [1.54, 1.807) is 0 Å². The monoisotopic (exact) mass is 183 g/mol. The van der Waals surface area contributed by atoms with Crippen molar-refractivity contribution in [3.8, 4) is 0 Å². The number of aliphatic hydroxyl groups is 1. The summed E-state index contributed by atoms with van der Waals surface area (Å²) >= 11 is 0. The fraction of sp³-hybridized carbons (Fsp3) is 0.900. The van der Waals surface area contributed by atoms with E-state index in [1.165, 1.54) is 19.3 Å². The molecule has 1 heterocycles. The second kappa shape index (κ2) is 3.76. The van der Waals surface area contributed by atoms with Crippen LogP contribution in [-0.2, 0) is 4.79 Å². The van der Waals surface area contributed by atoms with E-state index in [2.05, 4.69) is 4.90 Å². The number of ketones is 1. The van der Waals surface area contributed by atoms with Crippen LogP contribution < -0.4 is 0 Å². The summed E-state index contributed by atoms with van der Waals surface area (Å²) in [5.74, 6) is 0.245. The highest BCUT2D eigenvalue weighted by Gasteiger charge is 2.37. The van der Waals surface area contributed by atoms with Crippen molar-refractivity contribution in [3.05, 3.63) is 0 Å². The van der Waals surface area contributed by atoms with Gasteiger partial charge in [-0.15, -0.1) is 0 Å². The van der Waals surface area contributed by atoms with Gasteiger partial charge in [-0.1, -0.05) is 6.42 Å². The van der Waals surface area contributed by atoms with Crippen LogP contribution in [0.1, 0.15) is 32.1 Å². The summed E-state index contributed by atoms with van der Waals surface area (Å²) in [6.45, 7) is 1.99. The van der Waals surface area contributed by atoms with Gasteiger partial charge >= 0.3 is 0 Å². The molecule has 0 radical (unpaired) electrons. The lowest BCUT2D eigenvalue weighted by Crippen LogP contribution is -2.47. The largest absolute Gasteiger partial charge is 0.391 e. The Hall–Kier alpha value is -0.410. The van der Waals surface area contributed by atoms with Crippen LogP contribution in [0.2, 0.25) is 0 Å². The summed E-state index contributed by atoms with van der Waals surface area (Å²) in [4.78, 5) is 13.7. The zero-order valence-electron chi connectivity index (χ0n) is 7.91. The van der Waals surface area contributed by atoms with Gasteiger partial charge in [-0.2, -0.15) is 0 Å². The number of rotatable bonds is 1. The number of Topliss-reactive ketones (excluding diaryl/α,β-unsaturated/α-hetero) is 1. The fourth-order valence-corrected chi connectivity index (χ4v) is 2.45. The molecule has 1 saturated heterocycles. The zero-order valence-corrected chi connectivity index (χ0v) is 7.91. The van der Waals surface area contributed by atoms with Gasteiger partial charge in [-0.3, -0.25) is 9.69 Å². The van der Waals surface area contributed by atoms with E-state index < -0.39 is 6.10 Å². The highest BCUT2D eigenvalue weighted by atomic mass is 16.3. The van der Waals surface area contributed by atoms with Gasteiger partial charge in [0.05, 0.1) is 12.1 Å². The Morgan fingerprint density at radius 2 is 1.92 bits per heavy atom. The number of hydrogen-bond donors (Lipinski definition) is 1. The Balaban J connectivity index is 2.00. The lowest BCUT2D eigenvalue weighted by molar-refractivity contribution is -0.124. The molecule has 2 rings (SSSR count). The van der Waals surface area contributed by atoms with Gasteiger partial charge in [0.2, 0.25) is 0 Å². The summed E-state index contributed by atoms with van der Waals surface area (Å²) < 4.78 is 0. The third-order valence-electron chi connectivity index (χ3n) is 3.16. The fourth-order valence-electron chi connectivity index (χ4n) is 2.45. The number of carbonyl (C=O) groups is 1. The van der Waals surface area contributed by atoms with Crippen LogP contribution in [0, 0.1) is 0 Å². The Morgan fingerprint density at radius 3 is 2.46 bits per heavy atom. The lowest BCUT2D eigenvalue weighted by atomic mass is 10.1. The second-order valence-corrected chi connectivity index (χ2v) is 4.11. The van der Waals surface area contributed by atoms with Crippen molar-refractivity contribution >= 4 is 5.78 Å². The summed E-state index contributed by atoms with van der Waals surface area (Å²) in [5, 5.41) is 9.65. The maximum Gasteiger partial charge on any atom is 0.152 e. The molecule has 0 aromatic heterocycles. The number of likely N-dealkylation sites (tertiary alicyclic amines) is 1. The molecule has 1 aliphatic carbocycles. The van der Waals surface area contributed by atoms with E-state index >= 15 is 0 Å². The third-order valence-corrected chi connectivity index (χ3v) is 3.16. The molecular formula is C10H17NO2. The zero-order chi connectivity index (χ0) is 9.26. The molecule has 2 fully saturated rings. The predicted molar refractivity (Wildman–Crippen MR) is 49.5 cm³/mol. The minimum atomic E-state index is -0.398. The van der Waals surface area contributed by atoms with Crippen LogP contribution in [0.4, 0.5) is 0 Å². The topological polar surface area (TPSA) is 40.5 Å². The molecule has 1 saturated carbocycles. The number of piperidine rings is 1. The average molecular weight is 183 g/mol. The van der Waals surface area contributed by atoms with E-state index in [0.29, 0.717) is 12.8 Å². The predicted octanol–water partition coefficient (Wildman–Crippen LogP) is 0.565. The maximum absolute atomic E-state index is 11.5. The highest BCUT2D eigenvalue weighted by Crippen LogP contribution is 2.23. The normalized spacial score (nSPS) is 36.8. The molecule has 74 valence electrons. The van der Waals surface area contributed by atoms with Crippen LogP contribution in [-0.4, -0.2) is 41.0 Å². The van der Waals surface area contributed by atoms with Crippen LogP contribution in [0.5, 0.6) is 0 Å². The Bertz CT molecular complexity index is 199. The summed E-state index contributed by atoms with van der Waals surface area (Å²) in [7, 11) is 0.